The second-order valence-electron chi connectivity index (χ2n) is 15.1. The third-order valence-electron chi connectivity index (χ3n) is 10.6. The van der Waals surface area contributed by atoms with E-state index in [2.05, 4.69) is 0 Å². The molecule has 1 aliphatic heterocycles. The number of phenols is 1. The van der Waals surface area contributed by atoms with Gasteiger partial charge in [0.05, 0.1) is 19.6 Å². The lowest BCUT2D eigenvalue weighted by molar-refractivity contribution is 0.225. The summed E-state index contributed by atoms with van der Waals surface area (Å²) in [5, 5.41) is 10.1. The van der Waals surface area contributed by atoms with Crippen LogP contribution in [0.15, 0.2) is 141 Å². The molecule has 5 aromatic carbocycles. The maximum Gasteiger partial charge on any atom is 0.243 e. The molecule has 1 atom stereocenters. The Labute approximate surface area is 354 Å². The summed E-state index contributed by atoms with van der Waals surface area (Å²) in [5.74, 6) is -0.0306. The first-order valence-electron chi connectivity index (χ1n) is 19.4. The van der Waals surface area contributed by atoms with E-state index in [4.69, 9.17) is 0 Å². The standard InChI is InChI=1S/C43H50N4O9S4/c1-33-5-17-40(18-6-33)57(49,50)44-25-26-45(58(51,52)41-19-7-34(2)8-20-41)29-30-47(60(55,56)43-23-11-36(4)12-24-43)38(31-37-13-15-39(48)16-14-37)32-46(28-27-44)59(53,54)42-21-9-35(3)10-22-42/h5-24,38,48H,25-32H2,1-4H3. The highest BCUT2D eigenvalue weighted by molar-refractivity contribution is 7.90. The van der Waals surface area contributed by atoms with Gasteiger partial charge < -0.3 is 5.11 Å². The van der Waals surface area contributed by atoms with E-state index in [0.29, 0.717) is 5.56 Å². The van der Waals surface area contributed by atoms with Crippen molar-refractivity contribution in [1.82, 2.24) is 17.2 Å². The molecule has 1 fully saturated rings. The zero-order valence-corrected chi connectivity index (χ0v) is 37.2. The van der Waals surface area contributed by atoms with E-state index in [-0.39, 0.29) is 44.8 Å². The second kappa shape index (κ2) is 18.3. The highest BCUT2D eigenvalue weighted by atomic mass is 32.2. The molecule has 0 saturated carbocycles. The van der Waals surface area contributed by atoms with Crippen LogP contribution in [0.3, 0.4) is 0 Å². The number of aryl methyl sites for hydroxylation is 4. The van der Waals surface area contributed by atoms with Crippen LogP contribution in [-0.4, -0.2) is 108 Å². The van der Waals surface area contributed by atoms with Crippen LogP contribution >= 0.6 is 0 Å². The van der Waals surface area contributed by atoms with E-state index < -0.39 is 78.9 Å². The molecular weight excluding hydrogens is 845 g/mol. The summed E-state index contributed by atoms with van der Waals surface area (Å²) in [7, 11) is -17.5. The Morgan fingerprint density at radius 2 is 0.717 bits per heavy atom. The van der Waals surface area contributed by atoms with Crippen molar-refractivity contribution in [1.29, 1.82) is 0 Å². The minimum absolute atomic E-state index is 0.0306. The molecule has 0 radical (unpaired) electrons. The van der Waals surface area contributed by atoms with Crippen LogP contribution < -0.4 is 0 Å². The lowest BCUT2D eigenvalue weighted by Gasteiger charge is -2.37. The van der Waals surface area contributed by atoms with Gasteiger partial charge in [0, 0.05) is 51.9 Å². The summed E-state index contributed by atoms with van der Waals surface area (Å²) in [6.07, 6.45) is -0.0542. The van der Waals surface area contributed by atoms with Gasteiger partial charge in [-0.3, -0.25) is 0 Å². The first kappa shape index (κ1) is 45.1. The van der Waals surface area contributed by atoms with Crippen molar-refractivity contribution < 1.29 is 38.8 Å². The fourth-order valence-electron chi connectivity index (χ4n) is 6.99. The van der Waals surface area contributed by atoms with Crippen molar-refractivity contribution in [3.05, 3.63) is 149 Å². The summed E-state index contributed by atoms with van der Waals surface area (Å²) in [6.45, 7) is 4.42. The largest absolute Gasteiger partial charge is 0.508 e. The Balaban J connectivity index is 1.55. The molecule has 1 saturated heterocycles. The van der Waals surface area contributed by atoms with Gasteiger partial charge in [0.15, 0.2) is 0 Å². The Kier molecular flexibility index (Phi) is 13.7. The molecule has 320 valence electrons. The van der Waals surface area contributed by atoms with Gasteiger partial charge in [-0.2, -0.15) is 17.2 Å². The number of aromatic hydroxyl groups is 1. The minimum Gasteiger partial charge on any atom is -0.508 e. The molecule has 0 spiro atoms. The molecule has 1 heterocycles. The van der Waals surface area contributed by atoms with Crippen molar-refractivity contribution in [3.63, 3.8) is 0 Å². The summed E-state index contributed by atoms with van der Waals surface area (Å²) < 4.78 is 122. The number of sulfonamides is 4. The average Bonchev–Trinajstić information content (AvgIpc) is 3.20. The van der Waals surface area contributed by atoms with E-state index in [1.807, 2.05) is 27.7 Å². The molecule has 0 aliphatic carbocycles. The van der Waals surface area contributed by atoms with Gasteiger partial charge in [0.25, 0.3) is 0 Å². The molecule has 0 aromatic heterocycles. The quantitative estimate of drug-likeness (QED) is 0.195. The minimum atomic E-state index is -4.46. The zero-order chi connectivity index (χ0) is 43.5. The monoisotopic (exact) mass is 894 g/mol. The summed E-state index contributed by atoms with van der Waals surface area (Å²) in [6, 6.07) is 29.7. The molecule has 0 amide bonds. The number of nitrogens with zero attached hydrogens (tertiary/aromatic N) is 4. The van der Waals surface area contributed by atoms with E-state index >= 15 is 0 Å². The fraction of sp³-hybridized carbons (Fsp3) is 0.302. The van der Waals surface area contributed by atoms with Crippen molar-refractivity contribution in [2.24, 2.45) is 0 Å². The van der Waals surface area contributed by atoms with Gasteiger partial charge in [-0.25, -0.2) is 33.7 Å². The molecule has 1 unspecified atom stereocenters. The lowest BCUT2D eigenvalue weighted by Crippen LogP contribution is -2.54. The van der Waals surface area contributed by atoms with E-state index in [1.165, 1.54) is 60.7 Å². The first-order valence-corrected chi connectivity index (χ1v) is 25.1. The Hall–Kier alpha value is -4.46. The van der Waals surface area contributed by atoms with Crippen molar-refractivity contribution in [2.75, 3.05) is 45.8 Å². The molecule has 6 rings (SSSR count). The molecule has 5 aromatic rings. The fourth-order valence-corrected chi connectivity index (χ4v) is 12.9. The molecule has 13 nitrogen and oxygen atoms in total. The normalized spacial score (nSPS) is 17.8. The number of rotatable bonds is 10. The first-order chi connectivity index (χ1) is 28.3. The van der Waals surface area contributed by atoms with Crippen LogP contribution in [0.25, 0.3) is 0 Å². The molecule has 1 N–H and O–H groups in total. The zero-order valence-electron chi connectivity index (χ0n) is 33.9. The van der Waals surface area contributed by atoms with Crippen LogP contribution in [0, 0.1) is 27.7 Å². The van der Waals surface area contributed by atoms with Gasteiger partial charge in [-0.15, -0.1) is 0 Å². The van der Waals surface area contributed by atoms with Gasteiger partial charge in [-0.05, 0) is 100 Å². The van der Waals surface area contributed by atoms with Gasteiger partial charge in [-0.1, -0.05) is 82.9 Å². The van der Waals surface area contributed by atoms with Crippen molar-refractivity contribution >= 4 is 40.1 Å². The maximum atomic E-state index is 14.9. The van der Waals surface area contributed by atoms with Crippen LogP contribution in [0.4, 0.5) is 0 Å². The van der Waals surface area contributed by atoms with Gasteiger partial charge in [0.1, 0.15) is 5.75 Å². The topological polar surface area (TPSA) is 170 Å². The third-order valence-corrected chi connectivity index (χ3v) is 18.3. The highest BCUT2D eigenvalue weighted by Gasteiger charge is 2.39. The lowest BCUT2D eigenvalue weighted by atomic mass is 10.1. The van der Waals surface area contributed by atoms with E-state index in [1.54, 1.807) is 60.7 Å². The molecule has 0 bridgehead atoms. The molecular formula is C43H50N4O9S4. The predicted octanol–water partition coefficient (Wildman–Crippen LogP) is 5.31. The third kappa shape index (κ3) is 10.2. The van der Waals surface area contributed by atoms with Crippen molar-refractivity contribution in [3.8, 4) is 5.75 Å². The Morgan fingerprint density at radius 1 is 0.417 bits per heavy atom. The number of phenolic OH excluding ortho intramolecular Hbond substituents is 1. The smallest absolute Gasteiger partial charge is 0.243 e. The van der Waals surface area contributed by atoms with Crippen LogP contribution in [0.1, 0.15) is 27.8 Å². The number of hydrogen-bond donors (Lipinski definition) is 1. The second-order valence-corrected chi connectivity index (χ2v) is 22.8. The van der Waals surface area contributed by atoms with Crippen LogP contribution in [-0.2, 0) is 46.5 Å². The molecule has 17 heteroatoms. The highest BCUT2D eigenvalue weighted by Crippen LogP contribution is 2.28. The Morgan fingerprint density at radius 3 is 1.08 bits per heavy atom. The number of benzene rings is 5. The van der Waals surface area contributed by atoms with E-state index in [0.717, 1.165) is 39.5 Å². The van der Waals surface area contributed by atoms with Crippen LogP contribution in [0.5, 0.6) is 5.75 Å². The van der Waals surface area contributed by atoms with Gasteiger partial charge in [0.2, 0.25) is 40.1 Å². The summed E-state index contributed by atoms with van der Waals surface area (Å²) >= 11 is 0. The Bertz CT molecular complexity index is 2710. The van der Waals surface area contributed by atoms with E-state index in [9.17, 15) is 38.8 Å². The van der Waals surface area contributed by atoms with Gasteiger partial charge >= 0.3 is 0 Å². The summed E-state index contributed by atoms with van der Waals surface area (Å²) in [5.41, 5.74) is 3.81. The number of hydrogen-bond acceptors (Lipinski definition) is 9. The maximum absolute atomic E-state index is 14.9. The SMILES string of the molecule is Cc1ccc(S(=O)(=O)N2CCN(S(=O)(=O)c3ccc(C)cc3)CCN(S(=O)(=O)c3ccc(C)cc3)C(Cc3ccc(O)cc3)CN(S(=O)(=O)c3ccc(C)cc3)CC2)cc1. The molecule has 1 aliphatic rings. The predicted molar refractivity (Wildman–Crippen MR) is 230 cm³/mol. The van der Waals surface area contributed by atoms with Crippen LogP contribution in [0.2, 0.25) is 0 Å². The average molecular weight is 895 g/mol. The molecule has 60 heavy (non-hydrogen) atoms. The summed E-state index contributed by atoms with van der Waals surface area (Å²) in [4.78, 5) is -0.259. The van der Waals surface area contributed by atoms with Crippen molar-refractivity contribution in [2.45, 2.75) is 59.7 Å².